The fourth-order valence-corrected chi connectivity index (χ4v) is 3.73. The van der Waals surface area contributed by atoms with Crippen LogP contribution in [-0.2, 0) is 16.4 Å². The van der Waals surface area contributed by atoms with Crippen molar-refractivity contribution in [1.82, 2.24) is 14.7 Å². The van der Waals surface area contributed by atoms with Gasteiger partial charge in [0.25, 0.3) is 0 Å². The molecule has 3 aromatic rings. The Morgan fingerprint density at radius 3 is 2.67 bits per heavy atom. The summed E-state index contributed by atoms with van der Waals surface area (Å²) in [6.45, 7) is 2.27. The average molecular weight is 343 g/mol. The van der Waals surface area contributed by atoms with Crippen LogP contribution < -0.4 is 4.72 Å². The van der Waals surface area contributed by atoms with Gasteiger partial charge in [-0.05, 0) is 30.5 Å². The van der Waals surface area contributed by atoms with Gasteiger partial charge in [0.15, 0.2) is 0 Å². The van der Waals surface area contributed by atoms with Crippen LogP contribution in [0, 0.1) is 0 Å². The number of hydrogen-bond acceptors (Lipinski definition) is 3. The summed E-state index contributed by atoms with van der Waals surface area (Å²) >= 11 is 0. The van der Waals surface area contributed by atoms with Gasteiger partial charge in [-0.1, -0.05) is 43.3 Å². The highest BCUT2D eigenvalue weighted by molar-refractivity contribution is 7.89. The zero-order chi connectivity index (χ0) is 17.0. The highest BCUT2D eigenvalue weighted by Crippen LogP contribution is 2.21. The molecule has 0 saturated carbocycles. The molecule has 24 heavy (non-hydrogen) atoms. The van der Waals surface area contributed by atoms with Crippen LogP contribution in [0.3, 0.4) is 0 Å². The molecule has 0 saturated heterocycles. The largest absolute Gasteiger partial charge is 0.338 e. The number of aromatic amines is 1. The van der Waals surface area contributed by atoms with Crippen molar-refractivity contribution in [3.8, 4) is 11.4 Å². The maximum atomic E-state index is 11.7. The summed E-state index contributed by atoms with van der Waals surface area (Å²) in [6, 6.07) is 16.0. The summed E-state index contributed by atoms with van der Waals surface area (Å²) in [5.74, 6) is 1.01. The maximum absolute atomic E-state index is 11.7. The van der Waals surface area contributed by atoms with Gasteiger partial charge in [-0.15, -0.1) is 0 Å². The number of sulfonamides is 1. The molecule has 0 radical (unpaired) electrons. The molecule has 5 nitrogen and oxygen atoms in total. The molecule has 2 N–H and O–H groups in total. The van der Waals surface area contributed by atoms with Crippen molar-refractivity contribution in [3.63, 3.8) is 0 Å². The summed E-state index contributed by atoms with van der Waals surface area (Å²) < 4.78 is 26.0. The van der Waals surface area contributed by atoms with Crippen molar-refractivity contribution >= 4 is 21.1 Å². The van der Waals surface area contributed by atoms with Crippen molar-refractivity contribution in [2.75, 3.05) is 12.3 Å². The van der Waals surface area contributed by atoms with Gasteiger partial charge in [-0.25, -0.2) is 18.1 Å². The predicted molar refractivity (Wildman–Crippen MR) is 97.3 cm³/mol. The van der Waals surface area contributed by atoms with E-state index in [9.17, 15) is 8.42 Å². The van der Waals surface area contributed by atoms with Gasteiger partial charge in [0, 0.05) is 12.1 Å². The Kier molecular flexibility index (Phi) is 4.97. The number of H-pyrrole nitrogens is 1. The van der Waals surface area contributed by atoms with E-state index in [2.05, 4.69) is 14.7 Å². The first-order valence-corrected chi connectivity index (χ1v) is 9.74. The molecule has 0 aliphatic rings. The van der Waals surface area contributed by atoms with Crippen LogP contribution in [0.15, 0.2) is 48.5 Å². The van der Waals surface area contributed by atoms with Crippen molar-refractivity contribution in [2.45, 2.75) is 19.8 Å². The minimum absolute atomic E-state index is 0.174. The second-order valence-electron chi connectivity index (χ2n) is 5.77. The monoisotopic (exact) mass is 343 g/mol. The molecule has 3 rings (SSSR count). The lowest BCUT2D eigenvalue weighted by Crippen LogP contribution is -2.28. The Morgan fingerprint density at radius 1 is 1.12 bits per heavy atom. The summed E-state index contributed by atoms with van der Waals surface area (Å²) in [5.41, 5.74) is 3.99. The highest BCUT2D eigenvalue weighted by Gasteiger charge is 2.09. The third-order valence-corrected chi connectivity index (χ3v) is 5.39. The molecule has 0 aliphatic heterocycles. The molecule has 0 atom stereocenters. The van der Waals surface area contributed by atoms with Crippen LogP contribution >= 0.6 is 0 Å². The average Bonchev–Trinajstić information content (AvgIpc) is 2.99. The predicted octanol–water partition coefficient (Wildman–Crippen LogP) is 3.10. The van der Waals surface area contributed by atoms with Crippen molar-refractivity contribution < 1.29 is 8.42 Å². The third kappa shape index (κ3) is 4.01. The van der Waals surface area contributed by atoms with Crippen LogP contribution in [0.1, 0.15) is 18.9 Å². The Balaban J connectivity index is 1.72. The van der Waals surface area contributed by atoms with Crippen LogP contribution in [-0.4, -0.2) is 30.7 Å². The number of imidazole rings is 1. The number of aromatic nitrogens is 2. The smallest absolute Gasteiger partial charge is 0.211 e. The molecule has 126 valence electrons. The molecule has 0 spiro atoms. The van der Waals surface area contributed by atoms with Crippen molar-refractivity contribution in [2.24, 2.45) is 0 Å². The lowest BCUT2D eigenvalue weighted by atomic mass is 10.1. The zero-order valence-electron chi connectivity index (χ0n) is 13.6. The van der Waals surface area contributed by atoms with E-state index in [4.69, 9.17) is 0 Å². The molecular formula is C18H21N3O2S. The molecule has 0 bridgehead atoms. The first kappa shape index (κ1) is 16.7. The van der Waals surface area contributed by atoms with Gasteiger partial charge in [0.1, 0.15) is 5.82 Å². The number of benzene rings is 2. The van der Waals surface area contributed by atoms with Gasteiger partial charge in [0.2, 0.25) is 10.0 Å². The van der Waals surface area contributed by atoms with Gasteiger partial charge < -0.3 is 4.98 Å². The zero-order valence-corrected chi connectivity index (χ0v) is 14.4. The van der Waals surface area contributed by atoms with E-state index in [0.29, 0.717) is 19.4 Å². The number of rotatable bonds is 7. The Bertz CT molecular complexity index is 918. The minimum atomic E-state index is -3.15. The molecular weight excluding hydrogens is 322 g/mol. The van der Waals surface area contributed by atoms with Gasteiger partial charge in [-0.3, -0.25) is 0 Å². The van der Waals surface area contributed by atoms with E-state index in [-0.39, 0.29) is 5.75 Å². The molecule has 6 heteroatoms. The van der Waals surface area contributed by atoms with Gasteiger partial charge in [0.05, 0.1) is 16.8 Å². The topological polar surface area (TPSA) is 74.8 Å². The number of hydrogen-bond donors (Lipinski definition) is 2. The first-order chi connectivity index (χ1) is 11.6. The van der Waals surface area contributed by atoms with E-state index in [1.807, 2.05) is 55.5 Å². The lowest BCUT2D eigenvalue weighted by Gasteiger charge is -2.05. The minimum Gasteiger partial charge on any atom is -0.338 e. The molecule has 0 aliphatic carbocycles. The Labute approximate surface area is 142 Å². The van der Waals surface area contributed by atoms with Crippen molar-refractivity contribution in [1.29, 1.82) is 0 Å². The fourth-order valence-electron chi connectivity index (χ4n) is 2.64. The van der Waals surface area contributed by atoms with Crippen molar-refractivity contribution in [3.05, 3.63) is 54.1 Å². The quantitative estimate of drug-likeness (QED) is 0.692. The second kappa shape index (κ2) is 7.15. The van der Waals surface area contributed by atoms with Crippen LogP contribution in [0.2, 0.25) is 0 Å². The molecule has 1 heterocycles. The van der Waals surface area contributed by atoms with E-state index in [1.165, 1.54) is 0 Å². The molecule has 0 unspecified atom stereocenters. The van der Waals surface area contributed by atoms with E-state index in [1.54, 1.807) is 0 Å². The number of nitrogens with zero attached hydrogens (tertiary/aromatic N) is 1. The van der Waals surface area contributed by atoms with Crippen LogP contribution in [0.25, 0.3) is 22.4 Å². The summed E-state index contributed by atoms with van der Waals surface area (Å²) in [5, 5.41) is 0. The van der Waals surface area contributed by atoms with E-state index in [0.717, 1.165) is 28.0 Å². The fraction of sp³-hybridized carbons (Fsp3) is 0.278. The van der Waals surface area contributed by atoms with E-state index < -0.39 is 10.0 Å². The SMILES string of the molecule is CCCS(=O)(=O)NCCc1ccc2nc(-c3ccccc3)[nH]c2c1. The molecule has 2 aromatic carbocycles. The summed E-state index contributed by atoms with van der Waals surface area (Å²) in [6.07, 6.45) is 1.27. The van der Waals surface area contributed by atoms with E-state index >= 15 is 0 Å². The number of fused-ring (bicyclic) bond motifs is 1. The van der Waals surface area contributed by atoms with Gasteiger partial charge in [-0.2, -0.15) is 0 Å². The molecule has 0 fully saturated rings. The van der Waals surface area contributed by atoms with Crippen LogP contribution in [0.5, 0.6) is 0 Å². The maximum Gasteiger partial charge on any atom is 0.211 e. The standard InChI is InChI=1S/C18H21N3O2S/c1-2-12-24(22,23)19-11-10-14-8-9-16-17(13-14)21-18(20-16)15-6-4-3-5-7-15/h3-9,13,19H,2,10-12H2,1H3,(H,20,21). The molecule has 1 aromatic heterocycles. The second-order valence-corrected chi connectivity index (χ2v) is 7.69. The summed E-state index contributed by atoms with van der Waals surface area (Å²) in [4.78, 5) is 7.93. The van der Waals surface area contributed by atoms with Crippen LogP contribution in [0.4, 0.5) is 0 Å². The lowest BCUT2D eigenvalue weighted by molar-refractivity contribution is 0.580. The normalized spacial score (nSPS) is 11.9. The Hall–Kier alpha value is -2.18. The Morgan fingerprint density at radius 2 is 1.92 bits per heavy atom. The third-order valence-electron chi connectivity index (χ3n) is 3.80. The van der Waals surface area contributed by atoms with Gasteiger partial charge >= 0.3 is 0 Å². The summed E-state index contributed by atoms with van der Waals surface area (Å²) in [7, 11) is -3.15. The molecule has 0 amide bonds. The first-order valence-electron chi connectivity index (χ1n) is 8.09. The number of nitrogens with one attached hydrogen (secondary N) is 2. The highest BCUT2D eigenvalue weighted by atomic mass is 32.2.